The molecule has 0 bridgehead atoms. The molecule has 3 aromatic carbocycles. The molecular weight excluding hydrogens is 514 g/mol. The SMILES string of the molecule is CN[S@+]([O-])c1cccc(NC(=O)c2c(Oc3ccc(C#N)cc3OC)ncc(-c3ccc(C#N)cc3)c2C)c1. The van der Waals surface area contributed by atoms with E-state index in [0.717, 1.165) is 5.56 Å². The molecule has 0 spiro atoms. The van der Waals surface area contributed by atoms with Gasteiger partial charge in [0.1, 0.15) is 5.56 Å². The van der Waals surface area contributed by atoms with E-state index in [2.05, 4.69) is 21.1 Å². The highest BCUT2D eigenvalue weighted by molar-refractivity contribution is 7.89. The first-order valence-corrected chi connectivity index (χ1v) is 12.8. The fourth-order valence-corrected chi connectivity index (χ4v) is 4.54. The lowest BCUT2D eigenvalue weighted by molar-refractivity contribution is 0.102. The van der Waals surface area contributed by atoms with Gasteiger partial charge in [-0.2, -0.15) is 10.5 Å². The molecule has 1 amide bonds. The maximum atomic E-state index is 13.7. The quantitative estimate of drug-likeness (QED) is 0.296. The number of nitriles is 2. The molecule has 1 heterocycles. The van der Waals surface area contributed by atoms with Gasteiger partial charge in [0.2, 0.25) is 5.88 Å². The van der Waals surface area contributed by atoms with Crippen LogP contribution < -0.4 is 19.5 Å². The smallest absolute Gasteiger partial charge is 0.261 e. The Labute approximate surface area is 229 Å². The van der Waals surface area contributed by atoms with Crippen LogP contribution in [-0.2, 0) is 11.4 Å². The van der Waals surface area contributed by atoms with Crippen LogP contribution in [0.3, 0.4) is 0 Å². The van der Waals surface area contributed by atoms with Crippen molar-refractivity contribution in [1.82, 2.24) is 9.71 Å². The monoisotopic (exact) mass is 537 g/mol. The van der Waals surface area contributed by atoms with Crippen LogP contribution in [-0.4, -0.2) is 29.6 Å². The second-order valence-electron chi connectivity index (χ2n) is 8.20. The number of amides is 1. The molecule has 1 atom stereocenters. The van der Waals surface area contributed by atoms with Crippen molar-refractivity contribution in [3.63, 3.8) is 0 Å². The van der Waals surface area contributed by atoms with Gasteiger partial charge in [-0.25, -0.2) is 4.98 Å². The standard InChI is InChI=1S/C29H23N5O4S/c1-18-24(21-10-7-19(15-30)8-11-21)17-33-29(38-25-12-9-20(16-31)13-26(25)37-3)27(18)28(35)34-22-5-4-6-23(14-22)39(36)32-2/h4-14,17,32H,1-3H3,(H,34,35)/t39-/m1/s1. The lowest BCUT2D eigenvalue weighted by Gasteiger charge is -2.17. The van der Waals surface area contributed by atoms with Gasteiger partial charge >= 0.3 is 0 Å². The number of pyridine rings is 1. The third-order valence-corrected chi connectivity index (χ3v) is 6.90. The molecule has 0 aliphatic carbocycles. The Bertz CT molecular complexity index is 1610. The molecule has 194 valence electrons. The van der Waals surface area contributed by atoms with Gasteiger partial charge in [-0.05, 0) is 54.4 Å². The third kappa shape index (κ3) is 6.00. The molecule has 1 aromatic heterocycles. The molecule has 0 aliphatic rings. The average Bonchev–Trinajstić information content (AvgIpc) is 2.97. The molecule has 9 nitrogen and oxygen atoms in total. The van der Waals surface area contributed by atoms with Crippen LogP contribution in [0.15, 0.2) is 77.8 Å². The van der Waals surface area contributed by atoms with Gasteiger partial charge < -0.3 is 19.3 Å². The van der Waals surface area contributed by atoms with Crippen molar-refractivity contribution < 1.29 is 18.8 Å². The van der Waals surface area contributed by atoms with Gasteiger partial charge in [-0.3, -0.25) is 4.79 Å². The number of hydrogen-bond donors (Lipinski definition) is 2. The fourth-order valence-electron chi connectivity index (χ4n) is 3.87. The summed E-state index contributed by atoms with van der Waals surface area (Å²) in [4.78, 5) is 18.7. The lowest BCUT2D eigenvalue weighted by Crippen LogP contribution is -2.19. The molecule has 0 unspecified atom stereocenters. The van der Waals surface area contributed by atoms with Crippen molar-refractivity contribution in [2.75, 3.05) is 19.5 Å². The van der Waals surface area contributed by atoms with Crippen LogP contribution in [0.5, 0.6) is 17.4 Å². The van der Waals surface area contributed by atoms with E-state index in [1.807, 2.05) is 6.07 Å². The summed E-state index contributed by atoms with van der Waals surface area (Å²) in [5.41, 5.74) is 3.53. The summed E-state index contributed by atoms with van der Waals surface area (Å²) in [5.74, 6) is 0.110. The second kappa shape index (κ2) is 12.1. The van der Waals surface area contributed by atoms with E-state index in [0.29, 0.717) is 38.6 Å². The van der Waals surface area contributed by atoms with E-state index in [1.54, 1.807) is 80.8 Å². The summed E-state index contributed by atoms with van der Waals surface area (Å²) < 4.78 is 26.3. The number of rotatable bonds is 8. The maximum Gasteiger partial charge on any atom is 0.261 e. The van der Waals surface area contributed by atoms with Crippen molar-refractivity contribution in [3.8, 4) is 40.6 Å². The third-order valence-electron chi connectivity index (χ3n) is 5.85. The van der Waals surface area contributed by atoms with E-state index in [4.69, 9.17) is 14.7 Å². The number of hydrogen-bond acceptors (Lipinski definition) is 8. The lowest BCUT2D eigenvalue weighted by atomic mass is 9.97. The highest BCUT2D eigenvalue weighted by atomic mass is 32.2. The first-order chi connectivity index (χ1) is 18.9. The second-order valence-corrected chi connectivity index (χ2v) is 9.62. The molecule has 0 fully saturated rings. The zero-order chi connectivity index (χ0) is 27.9. The van der Waals surface area contributed by atoms with Crippen molar-refractivity contribution >= 4 is 23.0 Å². The molecule has 0 saturated carbocycles. The molecule has 4 rings (SSSR count). The molecule has 4 aromatic rings. The molecule has 10 heteroatoms. The summed E-state index contributed by atoms with van der Waals surface area (Å²) >= 11 is -1.43. The van der Waals surface area contributed by atoms with Crippen LogP contribution in [0.25, 0.3) is 11.1 Å². The zero-order valence-corrected chi connectivity index (χ0v) is 22.1. The summed E-state index contributed by atoms with van der Waals surface area (Å²) in [6.45, 7) is 1.78. The first kappa shape index (κ1) is 27.2. The molecular formula is C29H23N5O4S. The predicted molar refractivity (Wildman–Crippen MR) is 147 cm³/mol. The van der Waals surface area contributed by atoms with E-state index in [-0.39, 0.29) is 17.2 Å². The average molecular weight is 538 g/mol. The summed E-state index contributed by atoms with van der Waals surface area (Å²) in [6.07, 6.45) is 1.59. The normalized spacial score (nSPS) is 11.1. The zero-order valence-electron chi connectivity index (χ0n) is 21.3. The van der Waals surface area contributed by atoms with Crippen LogP contribution in [0.2, 0.25) is 0 Å². The number of ether oxygens (including phenoxy) is 2. The fraction of sp³-hybridized carbons (Fsp3) is 0.103. The number of aromatic nitrogens is 1. The van der Waals surface area contributed by atoms with Crippen molar-refractivity contribution in [2.45, 2.75) is 11.8 Å². The van der Waals surface area contributed by atoms with Gasteiger partial charge in [0.15, 0.2) is 16.4 Å². The van der Waals surface area contributed by atoms with Gasteiger partial charge in [0.05, 0.1) is 41.7 Å². The van der Waals surface area contributed by atoms with Crippen molar-refractivity contribution in [1.29, 1.82) is 10.5 Å². The maximum absolute atomic E-state index is 13.7. The summed E-state index contributed by atoms with van der Waals surface area (Å²) in [5, 5.41) is 21.2. The highest BCUT2D eigenvalue weighted by Gasteiger charge is 2.23. The summed E-state index contributed by atoms with van der Waals surface area (Å²) in [6, 6.07) is 22.4. The van der Waals surface area contributed by atoms with Crippen molar-refractivity contribution in [2.24, 2.45) is 0 Å². The molecule has 0 radical (unpaired) electrons. The number of benzene rings is 3. The molecule has 0 saturated heterocycles. The number of nitrogens with one attached hydrogen (secondary N) is 2. The number of methoxy groups -OCH3 is 1. The van der Waals surface area contributed by atoms with Gasteiger partial charge in [-0.15, -0.1) is 4.72 Å². The van der Waals surface area contributed by atoms with Crippen LogP contribution in [0.4, 0.5) is 5.69 Å². The molecule has 2 N–H and O–H groups in total. The topological polar surface area (TPSA) is 143 Å². The van der Waals surface area contributed by atoms with E-state index in [9.17, 15) is 14.6 Å². The van der Waals surface area contributed by atoms with Gasteiger partial charge in [0.25, 0.3) is 5.91 Å². The number of nitrogens with zero attached hydrogens (tertiary/aromatic N) is 3. The molecule has 0 aliphatic heterocycles. The Morgan fingerprint density at radius 1 is 1.00 bits per heavy atom. The Morgan fingerprint density at radius 3 is 2.38 bits per heavy atom. The van der Waals surface area contributed by atoms with E-state index >= 15 is 0 Å². The minimum absolute atomic E-state index is 0.0281. The Balaban J connectivity index is 1.79. The number of carbonyl (C=O) groups is 1. The Kier molecular flexibility index (Phi) is 8.44. The predicted octanol–water partition coefficient (Wildman–Crippen LogP) is 5.10. The van der Waals surface area contributed by atoms with Crippen molar-refractivity contribution in [3.05, 3.63) is 95.2 Å². The van der Waals surface area contributed by atoms with E-state index < -0.39 is 17.3 Å². The van der Waals surface area contributed by atoms with Crippen LogP contribution in [0.1, 0.15) is 27.0 Å². The first-order valence-electron chi connectivity index (χ1n) is 11.6. The van der Waals surface area contributed by atoms with E-state index in [1.165, 1.54) is 13.2 Å². The Hall–Kier alpha value is -4.87. The minimum Gasteiger partial charge on any atom is -0.593 e. The summed E-state index contributed by atoms with van der Waals surface area (Å²) in [7, 11) is 3.03. The molecule has 39 heavy (non-hydrogen) atoms. The Morgan fingerprint density at radius 2 is 1.72 bits per heavy atom. The van der Waals surface area contributed by atoms with Crippen LogP contribution >= 0.6 is 0 Å². The minimum atomic E-state index is -1.43. The van der Waals surface area contributed by atoms with Gasteiger partial charge in [-0.1, -0.05) is 18.2 Å². The van der Waals surface area contributed by atoms with Gasteiger partial charge in [0, 0.05) is 36.6 Å². The highest BCUT2D eigenvalue weighted by Crippen LogP contribution is 2.36. The number of anilines is 1. The van der Waals surface area contributed by atoms with Crippen LogP contribution in [0, 0.1) is 29.6 Å². The largest absolute Gasteiger partial charge is 0.593 e. The number of carbonyl (C=O) groups excluding carboxylic acids is 1.